The highest BCUT2D eigenvalue weighted by molar-refractivity contribution is 5.85. The van der Waals surface area contributed by atoms with Crippen LogP contribution in [0.5, 0.6) is 5.75 Å². The van der Waals surface area contributed by atoms with E-state index < -0.39 is 6.61 Å². The molecule has 0 saturated carbocycles. The molecule has 0 atom stereocenters. The number of benzene rings is 1. The Morgan fingerprint density at radius 1 is 1.32 bits per heavy atom. The van der Waals surface area contributed by atoms with Crippen LogP contribution in [0.1, 0.15) is 18.4 Å². The molecule has 4 nitrogen and oxygen atoms in total. The average molecular weight is 295 g/mol. The maximum atomic E-state index is 11.9. The molecule has 1 aromatic rings. The van der Waals surface area contributed by atoms with Crippen molar-refractivity contribution in [3.8, 4) is 5.75 Å². The van der Waals surface area contributed by atoms with Crippen molar-refractivity contribution in [3.63, 3.8) is 0 Å². The zero-order valence-electron chi connectivity index (χ0n) is 10.3. The SMILES string of the molecule is Cl.NCCCC(=O)NCc1ccc(OC(F)F)cc1. The summed E-state index contributed by atoms with van der Waals surface area (Å²) in [6, 6.07) is 6.13. The van der Waals surface area contributed by atoms with Crippen LogP contribution in [0.15, 0.2) is 24.3 Å². The standard InChI is InChI=1S/C12H16F2N2O2.ClH/c13-12(14)18-10-5-3-9(4-6-10)8-16-11(17)2-1-7-15;/h3-6,12H,1-2,7-8,15H2,(H,16,17);1H. The second-order valence-corrected chi connectivity index (χ2v) is 3.69. The third-order valence-corrected chi connectivity index (χ3v) is 2.25. The van der Waals surface area contributed by atoms with Crippen LogP contribution in [0.2, 0.25) is 0 Å². The van der Waals surface area contributed by atoms with Gasteiger partial charge in [0.25, 0.3) is 0 Å². The Morgan fingerprint density at radius 2 is 1.95 bits per heavy atom. The molecule has 0 aliphatic heterocycles. The first-order chi connectivity index (χ1) is 8.61. The zero-order chi connectivity index (χ0) is 13.4. The molecule has 1 rings (SSSR count). The van der Waals surface area contributed by atoms with Gasteiger partial charge in [0.15, 0.2) is 0 Å². The lowest BCUT2D eigenvalue weighted by Gasteiger charge is -2.07. The second-order valence-electron chi connectivity index (χ2n) is 3.69. The molecule has 0 bridgehead atoms. The molecule has 19 heavy (non-hydrogen) atoms. The Bertz CT molecular complexity index is 374. The van der Waals surface area contributed by atoms with Crippen molar-refractivity contribution >= 4 is 18.3 Å². The fraction of sp³-hybridized carbons (Fsp3) is 0.417. The van der Waals surface area contributed by atoms with Crippen LogP contribution in [0.3, 0.4) is 0 Å². The number of amides is 1. The first kappa shape index (κ1) is 17.6. The summed E-state index contributed by atoms with van der Waals surface area (Å²) in [4.78, 5) is 11.3. The van der Waals surface area contributed by atoms with Gasteiger partial charge in [0.1, 0.15) is 5.75 Å². The highest BCUT2D eigenvalue weighted by Gasteiger charge is 2.04. The topological polar surface area (TPSA) is 64.4 Å². The number of hydrogen-bond acceptors (Lipinski definition) is 3. The van der Waals surface area contributed by atoms with Crippen molar-refractivity contribution in [1.82, 2.24) is 5.32 Å². The number of carbonyl (C=O) groups excluding carboxylic acids is 1. The molecular weight excluding hydrogens is 278 g/mol. The fourth-order valence-corrected chi connectivity index (χ4v) is 1.34. The molecule has 3 N–H and O–H groups in total. The van der Waals surface area contributed by atoms with Crippen LogP contribution >= 0.6 is 12.4 Å². The van der Waals surface area contributed by atoms with E-state index in [1.165, 1.54) is 12.1 Å². The second kappa shape index (κ2) is 9.52. The number of rotatable bonds is 7. The summed E-state index contributed by atoms with van der Waals surface area (Å²) in [6.07, 6.45) is 1.04. The molecule has 0 aromatic heterocycles. The van der Waals surface area contributed by atoms with E-state index >= 15 is 0 Å². The minimum atomic E-state index is -2.83. The van der Waals surface area contributed by atoms with Gasteiger partial charge in [0.05, 0.1) is 0 Å². The Kier molecular flexibility index (Phi) is 8.82. The molecule has 108 valence electrons. The van der Waals surface area contributed by atoms with E-state index in [-0.39, 0.29) is 24.1 Å². The lowest BCUT2D eigenvalue weighted by Crippen LogP contribution is -2.23. The van der Waals surface area contributed by atoms with Crippen molar-refractivity contribution in [2.45, 2.75) is 26.0 Å². The number of ether oxygens (including phenoxy) is 1. The summed E-state index contributed by atoms with van der Waals surface area (Å²) in [6.45, 7) is -1.99. The van der Waals surface area contributed by atoms with E-state index in [4.69, 9.17) is 5.73 Å². The lowest BCUT2D eigenvalue weighted by molar-refractivity contribution is -0.121. The Labute approximate surface area is 116 Å². The summed E-state index contributed by atoms with van der Waals surface area (Å²) >= 11 is 0. The third kappa shape index (κ3) is 7.58. The molecule has 1 amide bonds. The van der Waals surface area contributed by atoms with Gasteiger partial charge >= 0.3 is 6.61 Å². The zero-order valence-corrected chi connectivity index (χ0v) is 11.1. The Balaban J connectivity index is 0.00000324. The smallest absolute Gasteiger partial charge is 0.387 e. The van der Waals surface area contributed by atoms with Crippen molar-refractivity contribution < 1.29 is 18.3 Å². The fourth-order valence-electron chi connectivity index (χ4n) is 1.34. The average Bonchev–Trinajstić information content (AvgIpc) is 2.35. The molecule has 7 heteroatoms. The first-order valence-electron chi connectivity index (χ1n) is 5.62. The molecule has 0 saturated heterocycles. The van der Waals surface area contributed by atoms with Gasteiger partial charge < -0.3 is 15.8 Å². The van der Waals surface area contributed by atoms with Gasteiger partial charge in [-0.15, -0.1) is 12.4 Å². The molecule has 0 heterocycles. The summed E-state index contributed by atoms with van der Waals surface area (Å²) in [5, 5.41) is 2.71. The molecule has 0 unspecified atom stereocenters. The van der Waals surface area contributed by atoms with Gasteiger partial charge in [-0.25, -0.2) is 0 Å². The van der Waals surface area contributed by atoms with Crippen LogP contribution in [0.4, 0.5) is 8.78 Å². The molecule has 0 spiro atoms. The quantitative estimate of drug-likeness (QED) is 0.809. The minimum absolute atomic E-state index is 0. The number of alkyl halides is 2. The summed E-state index contributed by atoms with van der Waals surface area (Å²) in [5.74, 6) is 0.0246. The number of carbonyl (C=O) groups is 1. The van der Waals surface area contributed by atoms with Gasteiger partial charge in [-0.2, -0.15) is 8.78 Å². The van der Waals surface area contributed by atoms with E-state index in [1.54, 1.807) is 12.1 Å². The minimum Gasteiger partial charge on any atom is -0.435 e. The monoisotopic (exact) mass is 294 g/mol. The molecular formula is C12H17ClF2N2O2. The Hall–Kier alpha value is -1.40. The molecule has 0 fully saturated rings. The van der Waals surface area contributed by atoms with Gasteiger partial charge in [-0.05, 0) is 30.7 Å². The van der Waals surface area contributed by atoms with E-state index in [0.717, 1.165) is 5.56 Å². The molecule has 0 radical (unpaired) electrons. The molecule has 1 aromatic carbocycles. The largest absolute Gasteiger partial charge is 0.435 e. The summed E-state index contributed by atoms with van der Waals surface area (Å²) in [5.41, 5.74) is 6.10. The van der Waals surface area contributed by atoms with Crippen LogP contribution in [0.25, 0.3) is 0 Å². The number of nitrogens with two attached hydrogens (primary N) is 1. The molecule has 0 aliphatic carbocycles. The predicted octanol–water partition coefficient (Wildman–Crippen LogP) is 2.06. The number of nitrogens with one attached hydrogen (secondary N) is 1. The number of halogens is 3. The summed E-state index contributed by atoms with van der Waals surface area (Å²) in [7, 11) is 0. The van der Waals surface area contributed by atoms with E-state index in [1.807, 2.05) is 0 Å². The van der Waals surface area contributed by atoms with Crippen LogP contribution < -0.4 is 15.8 Å². The maximum Gasteiger partial charge on any atom is 0.387 e. The van der Waals surface area contributed by atoms with E-state index in [0.29, 0.717) is 25.9 Å². The van der Waals surface area contributed by atoms with Gasteiger partial charge in [0.2, 0.25) is 5.91 Å². The summed E-state index contributed by atoms with van der Waals surface area (Å²) < 4.78 is 28.0. The number of hydrogen-bond donors (Lipinski definition) is 2. The van der Waals surface area contributed by atoms with Gasteiger partial charge in [0, 0.05) is 13.0 Å². The van der Waals surface area contributed by atoms with Crippen molar-refractivity contribution in [2.24, 2.45) is 5.73 Å². The van der Waals surface area contributed by atoms with Crippen molar-refractivity contribution in [3.05, 3.63) is 29.8 Å². The van der Waals surface area contributed by atoms with Crippen LogP contribution in [-0.2, 0) is 11.3 Å². The predicted molar refractivity (Wildman–Crippen MR) is 70.5 cm³/mol. The van der Waals surface area contributed by atoms with Crippen LogP contribution in [0, 0.1) is 0 Å². The van der Waals surface area contributed by atoms with Crippen molar-refractivity contribution in [1.29, 1.82) is 0 Å². The van der Waals surface area contributed by atoms with Crippen LogP contribution in [-0.4, -0.2) is 19.1 Å². The van der Waals surface area contributed by atoms with E-state index in [9.17, 15) is 13.6 Å². The van der Waals surface area contributed by atoms with Gasteiger partial charge in [-0.3, -0.25) is 4.79 Å². The maximum absolute atomic E-state index is 11.9. The molecule has 0 aliphatic rings. The first-order valence-corrected chi connectivity index (χ1v) is 5.62. The lowest BCUT2D eigenvalue weighted by atomic mass is 10.2. The normalized spacial score (nSPS) is 9.89. The third-order valence-electron chi connectivity index (χ3n) is 2.25. The van der Waals surface area contributed by atoms with Gasteiger partial charge in [-0.1, -0.05) is 12.1 Å². The Morgan fingerprint density at radius 3 is 2.47 bits per heavy atom. The highest BCUT2D eigenvalue weighted by atomic mass is 35.5. The van der Waals surface area contributed by atoms with Crippen molar-refractivity contribution in [2.75, 3.05) is 6.54 Å². The van der Waals surface area contributed by atoms with E-state index in [2.05, 4.69) is 10.1 Å². The highest BCUT2D eigenvalue weighted by Crippen LogP contribution is 2.14.